The van der Waals surface area contributed by atoms with E-state index in [1.807, 2.05) is 53.3 Å². The van der Waals surface area contributed by atoms with Crippen molar-refractivity contribution in [3.8, 4) is 0 Å². The van der Waals surface area contributed by atoms with E-state index in [1.165, 1.54) is 49.7 Å². The lowest BCUT2D eigenvalue weighted by molar-refractivity contribution is -0.137. The molecule has 0 aromatic heterocycles. The number of nitrogens with one attached hydrogen (secondary N) is 4. The van der Waals surface area contributed by atoms with Crippen LogP contribution in [0.2, 0.25) is 0 Å². The van der Waals surface area contributed by atoms with Gasteiger partial charge in [-0.2, -0.15) is 11.8 Å². The van der Waals surface area contributed by atoms with Gasteiger partial charge in [0.2, 0.25) is 11.8 Å². The number of hydrogen-bond acceptors (Lipinski definition) is 6. The normalized spacial score (nSPS) is 31.2. The summed E-state index contributed by atoms with van der Waals surface area (Å²) in [5, 5.41) is 23.1. The minimum Gasteiger partial charge on any atom is -0.390 e. The first-order valence-corrected chi connectivity index (χ1v) is 23.5. The van der Waals surface area contributed by atoms with Gasteiger partial charge in [0.05, 0.1) is 35.3 Å². The number of urea groups is 1. The van der Waals surface area contributed by atoms with Crippen LogP contribution in [0.25, 0.3) is 0 Å². The summed E-state index contributed by atoms with van der Waals surface area (Å²) < 4.78 is 6.33. The molecule has 0 radical (unpaired) electrons. The van der Waals surface area contributed by atoms with Crippen molar-refractivity contribution in [2.24, 2.45) is 28.6 Å². The summed E-state index contributed by atoms with van der Waals surface area (Å²) in [6, 6.07) is 0.458. The first kappa shape index (κ1) is 45.8. The molecule has 322 valence electrons. The first-order chi connectivity index (χ1) is 26.8. The molecule has 5 fully saturated rings. The zero-order chi connectivity index (χ0) is 41.6. The highest BCUT2D eigenvalue weighted by atomic mass is 32.2. The molecule has 0 aromatic rings. The highest BCUT2D eigenvalue weighted by Crippen LogP contribution is 2.60. The molecule has 0 aromatic carbocycles. The van der Waals surface area contributed by atoms with Crippen LogP contribution in [0, 0.1) is 28.6 Å². The van der Waals surface area contributed by atoms with Crippen LogP contribution in [0.5, 0.6) is 0 Å². The van der Waals surface area contributed by atoms with Crippen LogP contribution < -0.4 is 21.3 Å². The zero-order valence-corrected chi connectivity index (χ0v) is 37.6. The standard InChI is InChI=1S/C47H78N4O5S/c1-31-18-21-35(28-34(31)20-19-33-15-13-25-47(9)36(22-23-37(33)47)32(2)14-12-24-45(5,6)55)49-42(53)44(3,4)30-56-46(7,8)26-27-48-40(52)17-11-10-16-39-41-38(29-57-39)50-43(54)51-41/h19-20,32,35-39,41,55H,1,10-18,21-30H2,2-9H3,(H,48,52)(H,49,53)(H2,50,51,54)/b33-19+,34-20-/t32-,35-,36?,37?,38+,39+,41+,47-/m1/s1. The van der Waals surface area contributed by atoms with Crippen LogP contribution in [-0.2, 0) is 14.3 Å². The molecular weight excluding hydrogens is 733 g/mol. The van der Waals surface area contributed by atoms with Crippen LogP contribution in [0.1, 0.15) is 158 Å². The quantitative estimate of drug-likeness (QED) is 0.0655. The Morgan fingerprint density at radius 2 is 1.82 bits per heavy atom. The molecule has 5 N–H and O–H groups in total. The fourth-order valence-electron chi connectivity index (χ4n) is 10.6. The summed E-state index contributed by atoms with van der Waals surface area (Å²) in [7, 11) is 0. The lowest BCUT2D eigenvalue weighted by atomic mass is 9.60. The second-order valence-corrected chi connectivity index (χ2v) is 21.9. The summed E-state index contributed by atoms with van der Waals surface area (Å²) in [5.74, 6) is 3.08. The van der Waals surface area contributed by atoms with Gasteiger partial charge < -0.3 is 31.1 Å². The molecule has 2 unspecified atom stereocenters. The second-order valence-electron chi connectivity index (χ2n) is 20.6. The zero-order valence-electron chi connectivity index (χ0n) is 36.8. The largest absolute Gasteiger partial charge is 0.390 e. The fourth-order valence-corrected chi connectivity index (χ4v) is 12.1. The predicted molar refractivity (Wildman–Crippen MR) is 234 cm³/mol. The second kappa shape index (κ2) is 19.4. The monoisotopic (exact) mass is 811 g/mol. The van der Waals surface area contributed by atoms with Crippen molar-refractivity contribution in [2.45, 2.75) is 193 Å². The Morgan fingerprint density at radius 3 is 2.58 bits per heavy atom. The van der Waals surface area contributed by atoms with E-state index in [0.717, 1.165) is 63.0 Å². The molecule has 3 saturated carbocycles. The molecule has 3 aliphatic carbocycles. The van der Waals surface area contributed by atoms with E-state index >= 15 is 0 Å². The summed E-state index contributed by atoms with van der Waals surface area (Å²) in [4.78, 5) is 37.8. The van der Waals surface area contributed by atoms with Crippen LogP contribution in [0.4, 0.5) is 4.79 Å². The molecule has 4 amide bonds. The molecule has 5 aliphatic rings. The molecule has 0 bridgehead atoms. The highest BCUT2D eigenvalue weighted by Gasteiger charge is 2.50. The number of thioether (sulfide) groups is 1. The molecule has 2 saturated heterocycles. The van der Waals surface area contributed by atoms with E-state index in [0.29, 0.717) is 48.5 Å². The SMILES string of the molecule is C=C1CC[C@@H](NC(=O)C(C)(C)COC(C)(C)CCNC(=O)CCCC[C@@H]2SC[C@@H]3NC(=O)N[C@@H]32)C/C1=C/C=C1\CCC[C@@]2(C)C1CCC2[C@H](C)CCCC(C)(C)O. The third-order valence-corrected chi connectivity index (χ3v) is 15.8. The number of amides is 4. The van der Waals surface area contributed by atoms with Gasteiger partial charge in [-0.15, -0.1) is 0 Å². The number of rotatable bonds is 19. The topological polar surface area (TPSA) is 129 Å². The lowest BCUT2D eigenvalue weighted by Crippen LogP contribution is -2.47. The fraction of sp³-hybridized carbons (Fsp3) is 0.809. The van der Waals surface area contributed by atoms with Crippen molar-refractivity contribution in [3.63, 3.8) is 0 Å². The van der Waals surface area contributed by atoms with Gasteiger partial charge in [-0.3, -0.25) is 9.59 Å². The first-order valence-electron chi connectivity index (χ1n) is 22.5. The van der Waals surface area contributed by atoms with Gasteiger partial charge in [0, 0.05) is 30.0 Å². The van der Waals surface area contributed by atoms with Crippen molar-refractivity contribution in [1.29, 1.82) is 0 Å². The third kappa shape index (κ3) is 12.6. The molecule has 9 nitrogen and oxygen atoms in total. The maximum Gasteiger partial charge on any atom is 0.315 e. The number of carbonyl (C=O) groups is 3. The summed E-state index contributed by atoms with van der Waals surface area (Å²) in [6.45, 7) is 22.1. The van der Waals surface area contributed by atoms with Crippen LogP contribution in [0.15, 0.2) is 35.5 Å². The van der Waals surface area contributed by atoms with E-state index in [4.69, 9.17) is 4.74 Å². The van der Waals surface area contributed by atoms with Gasteiger partial charge in [0.1, 0.15) is 0 Å². The number of carbonyl (C=O) groups excluding carboxylic acids is 3. The van der Waals surface area contributed by atoms with Gasteiger partial charge in [0.15, 0.2) is 0 Å². The number of fused-ring (bicyclic) bond motifs is 2. The van der Waals surface area contributed by atoms with Crippen molar-refractivity contribution in [2.75, 3.05) is 18.9 Å². The van der Waals surface area contributed by atoms with Crippen molar-refractivity contribution in [3.05, 3.63) is 35.5 Å². The Morgan fingerprint density at radius 1 is 1.05 bits per heavy atom. The smallest absolute Gasteiger partial charge is 0.315 e. The Balaban J connectivity index is 1.02. The minimum atomic E-state index is -0.702. The highest BCUT2D eigenvalue weighted by molar-refractivity contribution is 8.00. The van der Waals surface area contributed by atoms with Crippen LogP contribution in [0.3, 0.4) is 0 Å². The van der Waals surface area contributed by atoms with E-state index in [2.05, 4.69) is 53.8 Å². The maximum absolute atomic E-state index is 13.6. The van der Waals surface area contributed by atoms with E-state index in [1.54, 1.807) is 5.57 Å². The Kier molecular flexibility index (Phi) is 15.6. The third-order valence-electron chi connectivity index (χ3n) is 14.3. The lowest BCUT2D eigenvalue weighted by Gasteiger charge is -2.44. The van der Waals surface area contributed by atoms with Crippen molar-refractivity contribution < 1.29 is 24.2 Å². The Labute approximate surface area is 349 Å². The molecule has 5 rings (SSSR count). The number of ether oxygens (including phenoxy) is 1. The number of hydrogen-bond donors (Lipinski definition) is 5. The average Bonchev–Trinajstić information content (AvgIpc) is 3.80. The van der Waals surface area contributed by atoms with Crippen molar-refractivity contribution in [1.82, 2.24) is 21.3 Å². The summed E-state index contributed by atoms with van der Waals surface area (Å²) in [5.41, 5.74) is 2.64. The molecule has 10 heteroatoms. The number of unbranched alkanes of at least 4 members (excludes halogenated alkanes) is 1. The Bertz CT molecular complexity index is 1500. The minimum absolute atomic E-state index is 0.0108. The molecular formula is C47H78N4O5S. The molecule has 8 atom stereocenters. The summed E-state index contributed by atoms with van der Waals surface area (Å²) >= 11 is 1.91. The Hall–Kier alpha value is -2.30. The van der Waals surface area contributed by atoms with Gasteiger partial charge in [-0.25, -0.2) is 4.79 Å². The van der Waals surface area contributed by atoms with Crippen LogP contribution >= 0.6 is 11.8 Å². The van der Waals surface area contributed by atoms with Gasteiger partial charge in [-0.05, 0) is 147 Å². The van der Waals surface area contributed by atoms with Crippen molar-refractivity contribution >= 4 is 29.6 Å². The molecule has 57 heavy (non-hydrogen) atoms. The van der Waals surface area contributed by atoms with Gasteiger partial charge >= 0.3 is 6.03 Å². The predicted octanol–water partition coefficient (Wildman–Crippen LogP) is 8.91. The van der Waals surface area contributed by atoms with Crippen LogP contribution in [-0.4, -0.2) is 76.4 Å². The molecule has 2 aliphatic heterocycles. The summed E-state index contributed by atoms with van der Waals surface area (Å²) in [6.07, 6.45) is 20.8. The van der Waals surface area contributed by atoms with Gasteiger partial charge in [0.25, 0.3) is 0 Å². The van der Waals surface area contributed by atoms with E-state index in [-0.39, 0.29) is 36.0 Å². The average molecular weight is 811 g/mol. The van der Waals surface area contributed by atoms with E-state index in [9.17, 15) is 19.5 Å². The maximum atomic E-state index is 13.6. The van der Waals surface area contributed by atoms with E-state index < -0.39 is 16.6 Å². The number of aliphatic hydroxyl groups is 1. The molecule has 0 spiro atoms. The van der Waals surface area contributed by atoms with Gasteiger partial charge in [-0.1, -0.05) is 63.0 Å². The molecule has 2 heterocycles. The number of allylic oxidation sites excluding steroid dienone is 4.